The normalized spacial score (nSPS) is 24.1. The van der Waals surface area contributed by atoms with Gasteiger partial charge in [-0.25, -0.2) is 0 Å². The molecule has 1 saturated heterocycles. The van der Waals surface area contributed by atoms with Crippen molar-refractivity contribution in [3.63, 3.8) is 0 Å². The van der Waals surface area contributed by atoms with Crippen LogP contribution in [0, 0.1) is 12.8 Å². The maximum atomic E-state index is 11.3. The Morgan fingerprint density at radius 1 is 1.00 bits per heavy atom. The molecule has 0 radical (unpaired) electrons. The number of carbonyl (C=O) groups is 1. The van der Waals surface area contributed by atoms with Crippen LogP contribution in [0.25, 0.3) is 11.1 Å². The highest BCUT2D eigenvalue weighted by Crippen LogP contribution is 2.38. The Kier molecular flexibility index (Phi) is 7.86. The largest absolute Gasteiger partial charge is 0.462 e. The molecule has 4 rings (SSSR count). The molecule has 1 heterocycles. The molecule has 0 aromatic heterocycles. The first-order chi connectivity index (χ1) is 16.8. The first-order valence-electron chi connectivity index (χ1n) is 12.0. The molecule has 0 aliphatic carbocycles. The lowest BCUT2D eigenvalue weighted by molar-refractivity contribution is -0.258. The van der Waals surface area contributed by atoms with E-state index >= 15 is 0 Å². The summed E-state index contributed by atoms with van der Waals surface area (Å²) in [6, 6.07) is 23.6. The van der Waals surface area contributed by atoms with Crippen molar-refractivity contribution in [1.29, 1.82) is 0 Å². The van der Waals surface area contributed by atoms with Gasteiger partial charge >= 0.3 is 0 Å². The Morgan fingerprint density at radius 2 is 1.77 bits per heavy atom. The number of aliphatic hydroxyl groups is 2. The number of hydrogen-bond donors (Lipinski definition) is 3. The minimum absolute atomic E-state index is 0.0637. The molecule has 3 aromatic carbocycles. The molecule has 1 aliphatic heterocycles. The zero-order valence-electron chi connectivity index (χ0n) is 20.3. The van der Waals surface area contributed by atoms with Gasteiger partial charge in [0.05, 0.1) is 12.2 Å². The summed E-state index contributed by atoms with van der Waals surface area (Å²) < 4.78 is 12.3. The topological polar surface area (TPSA) is 88.0 Å². The van der Waals surface area contributed by atoms with Crippen molar-refractivity contribution >= 4 is 5.91 Å². The predicted octanol–water partition coefficient (Wildman–Crippen LogP) is 4.17. The van der Waals surface area contributed by atoms with Crippen LogP contribution in [0.1, 0.15) is 36.6 Å². The van der Waals surface area contributed by atoms with Gasteiger partial charge in [0.25, 0.3) is 0 Å². The van der Waals surface area contributed by atoms with Crippen molar-refractivity contribution in [2.75, 3.05) is 6.54 Å². The summed E-state index contributed by atoms with van der Waals surface area (Å²) >= 11 is 0. The molecule has 3 N–H and O–H groups in total. The molecular weight excluding hydrogens is 442 g/mol. The second kappa shape index (κ2) is 11.0. The number of nitrogens with one attached hydrogen (secondary N) is 1. The van der Waals surface area contributed by atoms with E-state index < -0.39 is 24.6 Å². The van der Waals surface area contributed by atoms with Crippen LogP contribution in [-0.4, -0.2) is 41.2 Å². The number of ether oxygens (including phenoxy) is 2. The van der Waals surface area contributed by atoms with Crippen LogP contribution in [0.3, 0.4) is 0 Å². The highest BCUT2D eigenvalue weighted by Gasteiger charge is 2.44. The lowest BCUT2D eigenvalue weighted by atomic mass is 9.87. The van der Waals surface area contributed by atoms with E-state index in [1.54, 1.807) is 0 Å². The second-order valence-corrected chi connectivity index (χ2v) is 9.22. The second-order valence-electron chi connectivity index (χ2n) is 9.22. The molecule has 0 spiro atoms. The summed E-state index contributed by atoms with van der Waals surface area (Å²) in [7, 11) is 0. The van der Waals surface area contributed by atoms with Crippen LogP contribution >= 0.6 is 0 Å². The van der Waals surface area contributed by atoms with Gasteiger partial charge in [-0.15, -0.1) is 0 Å². The lowest BCUT2D eigenvalue weighted by Crippen LogP contribution is -2.52. The molecule has 1 aliphatic rings. The van der Waals surface area contributed by atoms with E-state index in [9.17, 15) is 15.0 Å². The van der Waals surface area contributed by atoms with E-state index in [1.165, 1.54) is 6.92 Å². The Hall–Kier alpha value is -3.19. The SMILES string of the molecule is CC(=O)NCCc1ccc(O[C@@H]2O[C@@H](c3ccccc3)[C@H](C)[C@@H](O)[C@H]2O)cc1-c1cccc(C)c1. The van der Waals surface area contributed by atoms with E-state index in [2.05, 4.69) is 11.4 Å². The predicted molar refractivity (Wildman–Crippen MR) is 135 cm³/mol. The Balaban J connectivity index is 1.61. The smallest absolute Gasteiger partial charge is 0.229 e. The number of aryl methyl sites for hydroxylation is 1. The molecule has 6 nitrogen and oxygen atoms in total. The van der Waals surface area contributed by atoms with Gasteiger partial charge in [-0.3, -0.25) is 4.79 Å². The first kappa shape index (κ1) is 24.9. The third-order valence-electron chi connectivity index (χ3n) is 6.48. The molecule has 1 amide bonds. The molecule has 3 aromatic rings. The Morgan fingerprint density at radius 3 is 2.49 bits per heavy atom. The summed E-state index contributed by atoms with van der Waals surface area (Å²) in [5.41, 5.74) is 5.14. The van der Waals surface area contributed by atoms with Gasteiger partial charge in [-0.05, 0) is 47.7 Å². The zero-order valence-corrected chi connectivity index (χ0v) is 20.3. The number of benzene rings is 3. The van der Waals surface area contributed by atoms with Gasteiger partial charge in [-0.1, -0.05) is 73.2 Å². The summed E-state index contributed by atoms with van der Waals surface area (Å²) in [6.07, 6.45) is -2.95. The minimum Gasteiger partial charge on any atom is -0.462 e. The molecule has 35 heavy (non-hydrogen) atoms. The first-order valence-corrected chi connectivity index (χ1v) is 12.0. The van der Waals surface area contributed by atoms with Gasteiger partial charge in [0.2, 0.25) is 12.2 Å². The third-order valence-corrected chi connectivity index (χ3v) is 6.48. The van der Waals surface area contributed by atoms with Gasteiger partial charge in [0.1, 0.15) is 11.9 Å². The highest BCUT2D eigenvalue weighted by molar-refractivity contribution is 5.73. The van der Waals surface area contributed by atoms with E-state index in [1.807, 2.05) is 80.6 Å². The third kappa shape index (κ3) is 5.90. The Bertz CT molecular complexity index is 1150. The standard InChI is InChI=1S/C29H33NO5/c1-18-8-7-11-23(16-18)25-17-24(13-12-21(25)14-15-30-20(3)31)34-29-27(33)26(32)19(2)28(35-29)22-9-5-4-6-10-22/h4-13,16-17,19,26-29,32-33H,14-15H2,1-3H3,(H,30,31)/t19-,26-,27-,28-,29-/m1/s1. The number of carbonyl (C=O) groups excluding carboxylic acids is 1. The Labute approximate surface area is 206 Å². The van der Waals surface area contributed by atoms with Crippen molar-refractivity contribution in [1.82, 2.24) is 5.32 Å². The minimum atomic E-state index is -1.19. The fourth-order valence-electron chi connectivity index (χ4n) is 4.56. The van der Waals surface area contributed by atoms with Crippen molar-refractivity contribution in [3.8, 4) is 16.9 Å². The van der Waals surface area contributed by atoms with Gasteiger partial charge in [0.15, 0.2) is 0 Å². The molecular formula is C29H33NO5. The van der Waals surface area contributed by atoms with Gasteiger partial charge in [0, 0.05) is 19.4 Å². The maximum absolute atomic E-state index is 11.3. The van der Waals surface area contributed by atoms with Crippen LogP contribution in [0.4, 0.5) is 0 Å². The maximum Gasteiger partial charge on any atom is 0.229 e. The van der Waals surface area contributed by atoms with Crippen molar-refractivity contribution in [3.05, 3.63) is 89.5 Å². The molecule has 0 bridgehead atoms. The summed E-state index contributed by atoms with van der Waals surface area (Å²) in [5, 5.41) is 24.3. The van der Waals surface area contributed by atoms with Crippen molar-refractivity contribution in [2.24, 2.45) is 5.92 Å². The zero-order chi connectivity index (χ0) is 24.9. The number of aliphatic hydroxyl groups excluding tert-OH is 2. The fraction of sp³-hybridized carbons (Fsp3) is 0.345. The average molecular weight is 476 g/mol. The van der Waals surface area contributed by atoms with Crippen LogP contribution in [0.2, 0.25) is 0 Å². The summed E-state index contributed by atoms with van der Waals surface area (Å²) in [6.45, 7) is 5.94. The van der Waals surface area contributed by atoms with Gasteiger partial charge in [-0.2, -0.15) is 0 Å². The molecule has 0 unspecified atom stereocenters. The summed E-state index contributed by atoms with van der Waals surface area (Å²) in [5.74, 6) is 0.167. The van der Waals surface area contributed by atoms with E-state index in [0.29, 0.717) is 18.7 Å². The number of hydrogen-bond acceptors (Lipinski definition) is 5. The monoisotopic (exact) mass is 475 g/mol. The van der Waals surface area contributed by atoms with Crippen molar-refractivity contribution in [2.45, 2.75) is 51.8 Å². The van der Waals surface area contributed by atoms with E-state index in [-0.39, 0.29) is 11.8 Å². The van der Waals surface area contributed by atoms with Crippen LogP contribution in [0.5, 0.6) is 5.75 Å². The number of amides is 1. The average Bonchev–Trinajstić information content (AvgIpc) is 2.85. The van der Waals surface area contributed by atoms with Crippen LogP contribution in [0.15, 0.2) is 72.8 Å². The van der Waals surface area contributed by atoms with Gasteiger partial charge < -0.3 is 25.0 Å². The molecule has 5 atom stereocenters. The van der Waals surface area contributed by atoms with Crippen LogP contribution in [-0.2, 0) is 16.0 Å². The lowest BCUT2D eigenvalue weighted by Gasteiger charge is -2.41. The van der Waals surface area contributed by atoms with Crippen molar-refractivity contribution < 1.29 is 24.5 Å². The molecule has 6 heteroatoms. The summed E-state index contributed by atoms with van der Waals surface area (Å²) in [4.78, 5) is 11.3. The number of rotatable bonds is 7. The highest BCUT2D eigenvalue weighted by atomic mass is 16.7. The van der Waals surface area contributed by atoms with E-state index in [4.69, 9.17) is 9.47 Å². The molecule has 184 valence electrons. The van der Waals surface area contributed by atoms with Crippen LogP contribution < -0.4 is 10.1 Å². The molecule has 1 fully saturated rings. The van der Waals surface area contributed by atoms with E-state index in [0.717, 1.165) is 27.8 Å². The molecule has 0 saturated carbocycles. The fourth-order valence-corrected chi connectivity index (χ4v) is 4.56. The quantitative estimate of drug-likeness (QED) is 0.477.